The van der Waals surface area contributed by atoms with Crippen LogP contribution in [0.15, 0.2) is 0 Å². The van der Waals surface area contributed by atoms with Crippen LogP contribution in [0.1, 0.15) is 73.1 Å². The number of nitrogens with one attached hydrogen (secondary N) is 2. The van der Waals surface area contributed by atoms with E-state index in [1.807, 2.05) is 0 Å². The second kappa shape index (κ2) is 8.02. The maximum absolute atomic E-state index is 12.1. The van der Waals surface area contributed by atoms with Gasteiger partial charge in [-0.05, 0) is 37.1 Å². The van der Waals surface area contributed by atoms with E-state index in [-0.39, 0.29) is 11.3 Å². The third-order valence-corrected chi connectivity index (χ3v) is 4.36. The second-order valence-electron chi connectivity index (χ2n) is 7.64. The maximum Gasteiger partial charge on any atom is 0.220 e. The molecule has 0 aromatic rings. The lowest BCUT2D eigenvalue weighted by atomic mass is 9.69. The first-order valence-corrected chi connectivity index (χ1v) is 8.33. The number of carbonyl (C=O) groups excluding carboxylic acids is 1. The van der Waals surface area contributed by atoms with Crippen molar-refractivity contribution in [2.75, 3.05) is 6.54 Å². The predicted molar refractivity (Wildman–Crippen MR) is 85.7 cm³/mol. The minimum absolute atomic E-state index is 0.233. The van der Waals surface area contributed by atoms with Gasteiger partial charge in [0, 0.05) is 18.5 Å². The Morgan fingerprint density at radius 2 is 1.85 bits per heavy atom. The fourth-order valence-corrected chi connectivity index (χ4v) is 3.26. The molecule has 1 aliphatic carbocycles. The first kappa shape index (κ1) is 17.5. The summed E-state index contributed by atoms with van der Waals surface area (Å²) in [5.41, 5.74) is 0.289. The van der Waals surface area contributed by atoms with Crippen LogP contribution in [0.3, 0.4) is 0 Å². The Hall–Kier alpha value is -0.570. The largest absolute Gasteiger partial charge is 0.353 e. The van der Waals surface area contributed by atoms with Gasteiger partial charge < -0.3 is 10.6 Å². The van der Waals surface area contributed by atoms with Gasteiger partial charge in [-0.3, -0.25) is 4.79 Å². The third-order valence-electron chi connectivity index (χ3n) is 4.36. The molecular formula is C17H34N2O. The molecule has 0 bridgehead atoms. The van der Waals surface area contributed by atoms with Crippen LogP contribution in [0, 0.1) is 11.3 Å². The van der Waals surface area contributed by atoms with E-state index in [0.717, 1.165) is 19.4 Å². The summed E-state index contributed by atoms with van der Waals surface area (Å²) in [6.07, 6.45) is 6.55. The van der Waals surface area contributed by atoms with Crippen molar-refractivity contribution >= 4 is 5.91 Å². The zero-order valence-corrected chi connectivity index (χ0v) is 14.1. The van der Waals surface area contributed by atoms with Gasteiger partial charge in [0.2, 0.25) is 5.91 Å². The summed E-state index contributed by atoms with van der Waals surface area (Å²) in [5, 5.41) is 6.65. The van der Waals surface area contributed by atoms with Crippen LogP contribution in [0.4, 0.5) is 0 Å². The fourth-order valence-electron chi connectivity index (χ4n) is 3.26. The Morgan fingerprint density at radius 1 is 1.20 bits per heavy atom. The molecule has 1 fully saturated rings. The average Bonchev–Trinajstić information content (AvgIpc) is 2.34. The predicted octanol–water partition coefficient (Wildman–Crippen LogP) is 3.49. The Kier molecular flexibility index (Phi) is 7.01. The van der Waals surface area contributed by atoms with E-state index in [1.165, 1.54) is 19.3 Å². The quantitative estimate of drug-likeness (QED) is 0.732. The fraction of sp³-hybridized carbons (Fsp3) is 0.941. The van der Waals surface area contributed by atoms with Gasteiger partial charge >= 0.3 is 0 Å². The van der Waals surface area contributed by atoms with Crippen LogP contribution in [-0.2, 0) is 4.79 Å². The van der Waals surface area contributed by atoms with Crippen molar-refractivity contribution in [2.24, 2.45) is 11.3 Å². The molecule has 1 rings (SSSR count). The van der Waals surface area contributed by atoms with Crippen LogP contribution in [-0.4, -0.2) is 24.5 Å². The first-order valence-electron chi connectivity index (χ1n) is 8.33. The molecule has 0 saturated heterocycles. The van der Waals surface area contributed by atoms with Crippen LogP contribution in [0.25, 0.3) is 0 Å². The van der Waals surface area contributed by atoms with Gasteiger partial charge in [0.05, 0.1) is 0 Å². The minimum atomic E-state index is 0.233. The van der Waals surface area contributed by atoms with Crippen LogP contribution in [0.5, 0.6) is 0 Å². The number of hydrogen-bond acceptors (Lipinski definition) is 2. The molecule has 0 aliphatic heterocycles. The lowest BCUT2D eigenvalue weighted by molar-refractivity contribution is -0.122. The van der Waals surface area contributed by atoms with Gasteiger partial charge in [-0.1, -0.05) is 47.5 Å². The van der Waals surface area contributed by atoms with Crippen molar-refractivity contribution < 1.29 is 4.79 Å². The highest BCUT2D eigenvalue weighted by atomic mass is 16.1. The van der Waals surface area contributed by atoms with Gasteiger partial charge in [-0.15, -0.1) is 0 Å². The number of hydrogen-bond donors (Lipinski definition) is 2. The van der Waals surface area contributed by atoms with Crippen molar-refractivity contribution in [1.82, 2.24) is 10.6 Å². The molecule has 3 heteroatoms. The maximum atomic E-state index is 12.1. The Labute approximate surface area is 125 Å². The molecule has 20 heavy (non-hydrogen) atoms. The number of amides is 1. The van der Waals surface area contributed by atoms with Crippen molar-refractivity contribution in [3.05, 3.63) is 0 Å². The van der Waals surface area contributed by atoms with Gasteiger partial charge in [0.1, 0.15) is 0 Å². The molecule has 2 unspecified atom stereocenters. The van der Waals surface area contributed by atoms with Crippen molar-refractivity contribution in [3.63, 3.8) is 0 Å². The molecule has 2 atom stereocenters. The van der Waals surface area contributed by atoms with Crippen LogP contribution in [0.2, 0.25) is 0 Å². The van der Waals surface area contributed by atoms with E-state index in [4.69, 9.17) is 0 Å². The first-order chi connectivity index (χ1) is 9.30. The van der Waals surface area contributed by atoms with E-state index in [1.54, 1.807) is 0 Å². The molecule has 1 aliphatic rings. The lowest BCUT2D eigenvalue weighted by Gasteiger charge is -2.40. The van der Waals surface area contributed by atoms with E-state index in [9.17, 15) is 4.79 Å². The zero-order valence-electron chi connectivity index (χ0n) is 14.1. The molecule has 2 N–H and O–H groups in total. The van der Waals surface area contributed by atoms with Gasteiger partial charge in [-0.25, -0.2) is 0 Å². The van der Waals surface area contributed by atoms with E-state index in [0.29, 0.717) is 24.4 Å². The van der Waals surface area contributed by atoms with Crippen molar-refractivity contribution in [2.45, 2.75) is 85.2 Å². The van der Waals surface area contributed by atoms with E-state index < -0.39 is 0 Å². The molecule has 0 heterocycles. The molecule has 0 aromatic carbocycles. The summed E-state index contributed by atoms with van der Waals surface area (Å²) < 4.78 is 0. The van der Waals surface area contributed by atoms with Gasteiger partial charge in [0.25, 0.3) is 0 Å². The summed E-state index contributed by atoms with van der Waals surface area (Å²) >= 11 is 0. The van der Waals surface area contributed by atoms with E-state index >= 15 is 0 Å². The molecule has 0 aromatic heterocycles. The van der Waals surface area contributed by atoms with Crippen molar-refractivity contribution in [1.29, 1.82) is 0 Å². The summed E-state index contributed by atoms with van der Waals surface area (Å²) in [6.45, 7) is 12.1. The zero-order chi connectivity index (χ0) is 15.2. The highest BCUT2D eigenvalue weighted by molar-refractivity contribution is 5.76. The van der Waals surface area contributed by atoms with Crippen LogP contribution >= 0.6 is 0 Å². The number of rotatable bonds is 6. The Bertz CT molecular complexity index is 294. The summed E-state index contributed by atoms with van der Waals surface area (Å²) in [7, 11) is 0. The SMILES string of the molecule is CC(C)NCCCC(=O)NC1CCCCC1C(C)(C)C. The molecule has 0 spiro atoms. The van der Waals surface area contributed by atoms with Gasteiger partial charge in [0.15, 0.2) is 0 Å². The smallest absolute Gasteiger partial charge is 0.220 e. The molecule has 1 saturated carbocycles. The highest BCUT2D eigenvalue weighted by Gasteiger charge is 2.34. The normalized spacial score (nSPS) is 23.9. The van der Waals surface area contributed by atoms with Gasteiger partial charge in [-0.2, -0.15) is 0 Å². The highest BCUT2D eigenvalue weighted by Crippen LogP contribution is 2.37. The summed E-state index contributed by atoms with van der Waals surface area (Å²) in [4.78, 5) is 12.1. The molecular weight excluding hydrogens is 248 g/mol. The van der Waals surface area contributed by atoms with Crippen molar-refractivity contribution in [3.8, 4) is 0 Å². The topological polar surface area (TPSA) is 41.1 Å². The monoisotopic (exact) mass is 282 g/mol. The lowest BCUT2D eigenvalue weighted by Crippen LogP contribution is -2.46. The van der Waals surface area contributed by atoms with E-state index in [2.05, 4.69) is 45.3 Å². The Balaban J connectivity index is 2.35. The molecule has 1 amide bonds. The average molecular weight is 282 g/mol. The summed E-state index contributed by atoms with van der Waals surface area (Å²) in [5.74, 6) is 0.852. The molecule has 0 radical (unpaired) electrons. The molecule has 3 nitrogen and oxygen atoms in total. The second-order valence-corrected chi connectivity index (χ2v) is 7.64. The number of carbonyl (C=O) groups is 1. The van der Waals surface area contributed by atoms with Crippen LogP contribution < -0.4 is 10.6 Å². The third kappa shape index (κ3) is 6.25. The molecule has 118 valence electrons. The summed E-state index contributed by atoms with van der Waals surface area (Å²) in [6, 6.07) is 0.885. The Morgan fingerprint density at radius 3 is 2.45 bits per heavy atom. The standard InChI is InChI=1S/C17H34N2O/c1-13(2)18-12-8-11-16(20)19-15-10-7-6-9-14(15)17(3,4)5/h13-15,18H,6-12H2,1-5H3,(H,19,20). The minimum Gasteiger partial charge on any atom is -0.353 e.